The third-order valence-corrected chi connectivity index (χ3v) is 2.47. The lowest BCUT2D eigenvalue weighted by Gasteiger charge is -2.33. The Morgan fingerprint density at radius 3 is 2.80 bits per heavy atom. The number of rotatable bonds is 5. The third kappa shape index (κ3) is 3.39. The molecule has 1 saturated heterocycles. The van der Waals surface area contributed by atoms with Gasteiger partial charge < -0.3 is 5.32 Å². The minimum atomic E-state index is -3.46. The van der Waals surface area contributed by atoms with E-state index in [0.717, 1.165) is 6.26 Å². The monoisotopic (exact) mass is 234 g/mol. The Morgan fingerprint density at radius 2 is 2.33 bits per heavy atom. The van der Waals surface area contributed by atoms with Gasteiger partial charge in [0.2, 0.25) is 5.91 Å². The molecular formula is C6H10N4O4S. The van der Waals surface area contributed by atoms with Gasteiger partial charge in [0, 0.05) is 11.0 Å². The Bertz CT molecular complexity index is 397. The van der Waals surface area contributed by atoms with Crippen LogP contribution in [0.15, 0.2) is 5.11 Å². The summed E-state index contributed by atoms with van der Waals surface area (Å²) in [5.74, 6) is -0.350. The van der Waals surface area contributed by atoms with Crippen molar-refractivity contribution in [2.75, 3.05) is 12.9 Å². The van der Waals surface area contributed by atoms with E-state index in [1.54, 1.807) is 0 Å². The van der Waals surface area contributed by atoms with E-state index in [4.69, 9.17) is 5.53 Å². The van der Waals surface area contributed by atoms with E-state index < -0.39 is 16.2 Å². The quantitative estimate of drug-likeness (QED) is 0.227. The highest BCUT2D eigenvalue weighted by atomic mass is 32.2. The van der Waals surface area contributed by atoms with Crippen molar-refractivity contribution < 1.29 is 17.4 Å². The van der Waals surface area contributed by atoms with Crippen LogP contribution in [-0.2, 0) is 19.1 Å². The van der Waals surface area contributed by atoms with Gasteiger partial charge in [-0.2, -0.15) is 8.42 Å². The van der Waals surface area contributed by atoms with Crippen LogP contribution in [0.2, 0.25) is 0 Å². The minimum Gasteiger partial charge on any atom is -0.352 e. The molecule has 15 heavy (non-hydrogen) atoms. The molecule has 0 radical (unpaired) electrons. The number of carbonyl (C=O) groups is 1. The molecule has 0 aromatic carbocycles. The Kier molecular flexibility index (Phi) is 3.51. The molecule has 9 heteroatoms. The summed E-state index contributed by atoms with van der Waals surface area (Å²) in [6, 6.07) is -1.09. The molecule has 2 atom stereocenters. The highest BCUT2D eigenvalue weighted by molar-refractivity contribution is 7.85. The molecule has 84 valence electrons. The Hall–Kier alpha value is -1.31. The van der Waals surface area contributed by atoms with Crippen molar-refractivity contribution in [2.24, 2.45) is 5.11 Å². The second kappa shape index (κ2) is 4.47. The molecule has 1 heterocycles. The van der Waals surface area contributed by atoms with Gasteiger partial charge in [-0.1, -0.05) is 5.11 Å². The van der Waals surface area contributed by atoms with Gasteiger partial charge in [-0.05, 0) is 12.0 Å². The first-order valence-electron chi connectivity index (χ1n) is 4.13. The van der Waals surface area contributed by atoms with Gasteiger partial charge >= 0.3 is 0 Å². The summed E-state index contributed by atoms with van der Waals surface area (Å²) in [4.78, 5) is 13.4. The van der Waals surface area contributed by atoms with Crippen LogP contribution in [0.5, 0.6) is 0 Å². The maximum atomic E-state index is 10.9. The SMILES string of the molecule is CS(=O)(=O)OCC[C@@H]1NC(=O)[C@H]1N=[N+]=[N-]. The average Bonchev–Trinajstić information content (AvgIpc) is 2.11. The largest absolute Gasteiger partial charge is 0.352 e. The van der Waals surface area contributed by atoms with Crippen LogP contribution in [-0.4, -0.2) is 39.3 Å². The van der Waals surface area contributed by atoms with Crippen molar-refractivity contribution in [2.45, 2.75) is 18.5 Å². The number of β-lactam (4-membered cyclic amide) rings is 1. The van der Waals surface area contributed by atoms with E-state index in [-0.39, 0.29) is 18.6 Å². The summed E-state index contributed by atoms with van der Waals surface area (Å²) in [5, 5.41) is 5.76. The predicted molar refractivity (Wildman–Crippen MR) is 50.3 cm³/mol. The van der Waals surface area contributed by atoms with Crippen LogP contribution in [0.25, 0.3) is 10.4 Å². The number of hydrogen-bond donors (Lipinski definition) is 1. The van der Waals surface area contributed by atoms with Crippen molar-refractivity contribution >= 4 is 16.0 Å². The van der Waals surface area contributed by atoms with Crippen LogP contribution < -0.4 is 5.32 Å². The molecule has 1 aliphatic heterocycles. The second-order valence-corrected chi connectivity index (χ2v) is 4.72. The number of hydrogen-bond acceptors (Lipinski definition) is 5. The summed E-state index contributed by atoms with van der Waals surface area (Å²) in [5.41, 5.74) is 8.14. The molecule has 0 spiro atoms. The van der Waals surface area contributed by atoms with Crippen molar-refractivity contribution in [1.82, 2.24) is 5.32 Å². The molecule has 1 aliphatic rings. The van der Waals surface area contributed by atoms with Crippen molar-refractivity contribution in [1.29, 1.82) is 0 Å². The van der Waals surface area contributed by atoms with E-state index in [1.807, 2.05) is 0 Å². The molecule has 0 saturated carbocycles. The van der Waals surface area contributed by atoms with E-state index >= 15 is 0 Å². The summed E-state index contributed by atoms with van der Waals surface area (Å²) in [7, 11) is -3.46. The molecule has 0 aromatic heterocycles. The molecule has 1 amide bonds. The van der Waals surface area contributed by atoms with Gasteiger partial charge in [-0.15, -0.1) is 0 Å². The molecule has 0 unspecified atom stereocenters. The zero-order valence-corrected chi connectivity index (χ0v) is 8.77. The topological polar surface area (TPSA) is 121 Å². The maximum absolute atomic E-state index is 10.9. The summed E-state index contributed by atoms with van der Waals surface area (Å²) in [6.45, 7) is -0.0404. The van der Waals surface area contributed by atoms with Gasteiger partial charge in [0.25, 0.3) is 10.1 Å². The Balaban J connectivity index is 2.35. The normalized spacial score (nSPS) is 25.0. The minimum absolute atomic E-state index is 0.0404. The van der Waals surface area contributed by atoms with E-state index in [2.05, 4.69) is 19.5 Å². The fourth-order valence-corrected chi connectivity index (χ4v) is 1.58. The molecule has 0 aliphatic carbocycles. The average molecular weight is 234 g/mol. The molecular weight excluding hydrogens is 224 g/mol. The van der Waals surface area contributed by atoms with Gasteiger partial charge in [-0.3, -0.25) is 8.98 Å². The molecule has 1 N–H and O–H groups in total. The van der Waals surface area contributed by atoms with Crippen LogP contribution in [0.3, 0.4) is 0 Å². The second-order valence-electron chi connectivity index (χ2n) is 3.08. The van der Waals surface area contributed by atoms with Crippen LogP contribution >= 0.6 is 0 Å². The Morgan fingerprint density at radius 1 is 1.67 bits per heavy atom. The lowest BCUT2D eigenvalue weighted by Crippen LogP contribution is -2.61. The smallest absolute Gasteiger partial charge is 0.264 e. The van der Waals surface area contributed by atoms with Gasteiger partial charge in [0.1, 0.15) is 6.04 Å². The number of amides is 1. The zero-order chi connectivity index (χ0) is 11.5. The summed E-state index contributed by atoms with van der Waals surface area (Å²) in [6.07, 6.45) is 1.24. The number of azide groups is 1. The fraction of sp³-hybridized carbons (Fsp3) is 0.833. The first-order valence-corrected chi connectivity index (χ1v) is 5.94. The van der Waals surface area contributed by atoms with Crippen LogP contribution in [0.1, 0.15) is 6.42 Å². The summed E-state index contributed by atoms with van der Waals surface area (Å²) < 4.78 is 25.7. The van der Waals surface area contributed by atoms with Crippen LogP contribution in [0, 0.1) is 0 Å². The van der Waals surface area contributed by atoms with Gasteiger partial charge in [0.15, 0.2) is 0 Å². The maximum Gasteiger partial charge on any atom is 0.264 e. The highest BCUT2D eigenvalue weighted by Gasteiger charge is 2.38. The number of nitrogens with one attached hydrogen (secondary N) is 1. The van der Waals surface area contributed by atoms with Crippen LogP contribution in [0.4, 0.5) is 0 Å². The van der Waals surface area contributed by atoms with E-state index in [0.29, 0.717) is 6.42 Å². The predicted octanol–water partition coefficient (Wildman–Crippen LogP) is -0.470. The number of nitrogens with zero attached hydrogens (tertiary/aromatic N) is 3. The fourth-order valence-electron chi connectivity index (χ4n) is 1.18. The van der Waals surface area contributed by atoms with Crippen molar-refractivity contribution in [3.05, 3.63) is 10.4 Å². The van der Waals surface area contributed by atoms with Gasteiger partial charge in [-0.25, -0.2) is 0 Å². The lowest BCUT2D eigenvalue weighted by molar-refractivity contribution is -0.130. The van der Waals surface area contributed by atoms with Crippen molar-refractivity contribution in [3.8, 4) is 0 Å². The Labute approximate surface area is 86.4 Å². The van der Waals surface area contributed by atoms with E-state index in [9.17, 15) is 13.2 Å². The molecule has 1 fully saturated rings. The van der Waals surface area contributed by atoms with Gasteiger partial charge in [0.05, 0.1) is 12.9 Å². The van der Waals surface area contributed by atoms with Crippen molar-refractivity contribution in [3.63, 3.8) is 0 Å². The third-order valence-electron chi connectivity index (χ3n) is 1.88. The molecule has 0 bridgehead atoms. The zero-order valence-electron chi connectivity index (χ0n) is 7.95. The number of carbonyl (C=O) groups excluding carboxylic acids is 1. The standard InChI is InChI=1S/C6H10N4O4S/c1-15(12,13)14-3-2-4-5(9-10-7)6(11)8-4/h4-5H,2-3H2,1H3,(H,8,11)/t4-,5-/m0/s1. The molecule has 0 aromatic rings. The highest BCUT2D eigenvalue weighted by Crippen LogP contribution is 2.14. The lowest BCUT2D eigenvalue weighted by atomic mass is 9.97. The molecule has 8 nitrogen and oxygen atoms in total. The van der Waals surface area contributed by atoms with E-state index in [1.165, 1.54) is 0 Å². The molecule has 1 rings (SSSR count). The first kappa shape index (κ1) is 11.8. The first-order chi connectivity index (χ1) is 6.94. The summed E-state index contributed by atoms with van der Waals surface area (Å²) >= 11 is 0.